The van der Waals surface area contributed by atoms with E-state index in [1.54, 1.807) is 20.4 Å². The smallest absolute Gasteiger partial charge is 0.122 e. The number of methoxy groups -OCH3 is 2. The van der Waals surface area contributed by atoms with Crippen LogP contribution >= 0.6 is 0 Å². The van der Waals surface area contributed by atoms with Gasteiger partial charge in [0.1, 0.15) is 17.3 Å². The van der Waals surface area contributed by atoms with Crippen molar-refractivity contribution in [1.29, 1.82) is 0 Å². The van der Waals surface area contributed by atoms with Crippen LogP contribution in [0.5, 0.6) is 11.5 Å². The van der Waals surface area contributed by atoms with Crippen molar-refractivity contribution in [3.05, 3.63) is 42.0 Å². The summed E-state index contributed by atoms with van der Waals surface area (Å²) in [6.45, 7) is 2.75. The number of nitrogens with zero attached hydrogens (tertiary/aromatic N) is 2. The molecule has 0 spiro atoms. The normalized spacial score (nSPS) is 10.3. The number of hydrogen-bond acceptors (Lipinski definition) is 3. The number of hydrogen-bond donors (Lipinski definition) is 0. The van der Waals surface area contributed by atoms with Crippen molar-refractivity contribution in [2.24, 2.45) is 0 Å². The molecule has 0 saturated heterocycles. The van der Waals surface area contributed by atoms with Gasteiger partial charge in [0.25, 0.3) is 0 Å². The maximum atomic E-state index is 5.24. The van der Waals surface area contributed by atoms with Crippen LogP contribution in [0.3, 0.4) is 0 Å². The summed E-state index contributed by atoms with van der Waals surface area (Å²) in [6.07, 6.45) is 3.76. The Morgan fingerprint density at radius 3 is 2.24 bits per heavy atom. The molecule has 0 radical (unpaired) electrons. The Bertz CT molecular complexity index is 484. The van der Waals surface area contributed by atoms with Gasteiger partial charge < -0.3 is 14.0 Å². The van der Waals surface area contributed by atoms with E-state index in [1.165, 1.54) is 0 Å². The van der Waals surface area contributed by atoms with Gasteiger partial charge in [0, 0.05) is 25.0 Å². The Kier molecular flexibility index (Phi) is 3.32. The Hall–Kier alpha value is -1.97. The second kappa shape index (κ2) is 4.91. The topological polar surface area (TPSA) is 36.3 Å². The lowest BCUT2D eigenvalue weighted by molar-refractivity contribution is 0.393. The summed E-state index contributed by atoms with van der Waals surface area (Å²) in [5.41, 5.74) is 1.13. The average Bonchev–Trinajstić information content (AvgIpc) is 2.74. The number of aromatic nitrogens is 2. The molecule has 1 heterocycles. The summed E-state index contributed by atoms with van der Waals surface area (Å²) in [5.74, 6) is 2.60. The van der Waals surface area contributed by atoms with Crippen LogP contribution < -0.4 is 9.47 Å². The highest BCUT2D eigenvalue weighted by Gasteiger charge is 2.04. The summed E-state index contributed by atoms with van der Waals surface area (Å²) in [7, 11) is 3.31. The first-order valence-electron chi connectivity index (χ1n) is 5.42. The lowest BCUT2D eigenvalue weighted by Gasteiger charge is -2.09. The van der Waals surface area contributed by atoms with Crippen molar-refractivity contribution in [2.75, 3.05) is 14.2 Å². The molecule has 1 aromatic carbocycles. The molecule has 0 amide bonds. The largest absolute Gasteiger partial charge is 0.497 e. The highest BCUT2D eigenvalue weighted by atomic mass is 16.5. The first kappa shape index (κ1) is 11.5. The van der Waals surface area contributed by atoms with E-state index in [4.69, 9.17) is 9.47 Å². The van der Waals surface area contributed by atoms with Crippen LogP contribution in [-0.4, -0.2) is 23.8 Å². The van der Waals surface area contributed by atoms with E-state index in [2.05, 4.69) is 9.55 Å². The molecule has 0 fully saturated rings. The third kappa shape index (κ3) is 2.58. The van der Waals surface area contributed by atoms with E-state index >= 15 is 0 Å². The van der Waals surface area contributed by atoms with Crippen molar-refractivity contribution in [3.63, 3.8) is 0 Å². The van der Waals surface area contributed by atoms with Crippen LogP contribution in [-0.2, 0) is 6.54 Å². The maximum absolute atomic E-state index is 5.24. The van der Waals surface area contributed by atoms with Crippen LogP contribution in [0.15, 0.2) is 30.6 Å². The lowest BCUT2D eigenvalue weighted by atomic mass is 10.2. The lowest BCUT2D eigenvalue weighted by Crippen LogP contribution is -2.01. The highest BCUT2D eigenvalue weighted by molar-refractivity contribution is 5.38. The third-order valence-corrected chi connectivity index (χ3v) is 2.69. The SMILES string of the molecule is COc1cc(Cn2ccnc2C)cc(OC)c1. The molecular formula is C13H16N2O2. The van der Waals surface area contributed by atoms with Gasteiger partial charge in [-0.1, -0.05) is 0 Å². The van der Waals surface area contributed by atoms with Crippen LogP contribution in [0.4, 0.5) is 0 Å². The van der Waals surface area contributed by atoms with Crippen LogP contribution in [0.25, 0.3) is 0 Å². The van der Waals surface area contributed by atoms with Crippen molar-refractivity contribution >= 4 is 0 Å². The predicted molar refractivity (Wildman–Crippen MR) is 65.6 cm³/mol. The van der Waals surface area contributed by atoms with E-state index in [1.807, 2.05) is 31.3 Å². The third-order valence-electron chi connectivity index (χ3n) is 2.69. The molecule has 1 aromatic heterocycles. The van der Waals surface area contributed by atoms with E-state index in [0.29, 0.717) is 0 Å². The summed E-state index contributed by atoms with van der Waals surface area (Å²) in [4.78, 5) is 4.20. The zero-order valence-corrected chi connectivity index (χ0v) is 10.3. The Balaban J connectivity index is 2.29. The molecule has 0 bridgehead atoms. The van der Waals surface area contributed by atoms with Crippen molar-refractivity contribution in [1.82, 2.24) is 9.55 Å². The summed E-state index contributed by atoms with van der Waals surface area (Å²) >= 11 is 0. The predicted octanol–water partition coefficient (Wildman–Crippen LogP) is 2.26. The second-order valence-electron chi connectivity index (χ2n) is 3.82. The number of imidazole rings is 1. The molecule has 17 heavy (non-hydrogen) atoms. The molecule has 0 saturated carbocycles. The quantitative estimate of drug-likeness (QED) is 0.811. The summed E-state index contributed by atoms with van der Waals surface area (Å²) < 4.78 is 12.6. The van der Waals surface area contributed by atoms with Crippen LogP contribution in [0.2, 0.25) is 0 Å². The zero-order valence-electron chi connectivity index (χ0n) is 10.3. The van der Waals surface area contributed by atoms with Crippen LogP contribution in [0, 0.1) is 6.92 Å². The van der Waals surface area contributed by atoms with Gasteiger partial charge in [-0.25, -0.2) is 4.98 Å². The molecule has 0 atom stereocenters. The minimum atomic E-state index is 0.763. The van der Waals surface area contributed by atoms with Crippen molar-refractivity contribution < 1.29 is 9.47 Å². The molecule has 0 unspecified atom stereocenters. The molecule has 2 aromatic rings. The molecule has 4 heteroatoms. The van der Waals surface area contributed by atoms with Gasteiger partial charge >= 0.3 is 0 Å². The van der Waals surface area contributed by atoms with E-state index in [0.717, 1.165) is 29.4 Å². The Morgan fingerprint density at radius 2 is 1.76 bits per heavy atom. The number of aryl methyl sites for hydroxylation is 1. The minimum absolute atomic E-state index is 0.763. The molecule has 0 aliphatic heterocycles. The van der Waals surface area contributed by atoms with Gasteiger partial charge in [-0.05, 0) is 24.6 Å². The van der Waals surface area contributed by atoms with Gasteiger partial charge in [0.05, 0.1) is 14.2 Å². The molecule has 0 N–H and O–H groups in total. The number of rotatable bonds is 4. The molecule has 0 aliphatic rings. The molecular weight excluding hydrogens is 216 g/mol. The van der Waals surface area contributed by atoms with Crippen LogP contribution in [0.1, 0.15) is 11.4 Å². The standard InChI is InChI=1S/C13H16N2O2/c1-10-14-4-5-15(10)9-11-6-12(16-2)8-13(7-11)17-3/h4-8H,9H2,1-3H3. The molecule has 90 valence electrons. The molecule has 0 aliphatic carbocycles. The Labute approximate surface area is 101 Å². The van der Waals surface area contributed by atoms with Crippen molar-refractivity contribution in [2.45, 2.75) is 13.5 Å². The molecule has 2 rings (SSSR count). The Morgan fingerprint density at radius 1 is 1.12 bits per heavy atom. The molecule has 4 nitrogen and oxygen atoms in total. The number of benzene rings is 1. The van der Waals surface area contributed by atoms with Gasteiger partial charge in [0.15, 0.2) is 0 Å². The maximum Gasteiger partial charge on any atom is 0.122 e. The number of ether oxygens (including phenoxy) is 2. The highest BCUT2D eigenvalue weighted by Crippen LogP contribution is 2.23. The fourth-order valence-electron chi connectivity index (χ4n) is 1.73. The average molecular weight is 232 g/mol. The van der Waals surface area contributed by atoms with Gasteiger partial charge in [0.2, 0.25) is 0 Å². The van der Waals surface area contributed by atoms with Gasteiger partial charge in [-0.2, -0.15) is 0 Å². The first-order valence-corrected chi connectivity index (χ1v) is 5.42. The fraction of sp³-hybridized carbons (Fsp3) is 0.308. The van der Waals surface area contributed by atoms with Crippen molar-refractivity contribution in [3.8, 4) is 11.5 Å². The summed E-state index contributed by atoms with van der Waals surface area (Å²) in [5, 5.41) is 0. The van der Waals surface area contributed by atoms with Gasteiger partial charge in [-0.15, -0.1) is 0 Å². The van der Waals surface area contributed by atoms with Gasteiger partial charge in [-0.3, -0.25) is 0 Å². The fourth-order valence-corrected chi connectivity index (χ4v) is 1.73. The zero-order chi connectivity index (χ0) is 12.3. The van der Waals surface area contributed by atoms with E-state index in [9.17, 15) is 0 Å². The second-order valence-corrected chi connectivity index (χ2v) is 3.82. The van der Waals surface area contributed by atoms with E-state index < -0.39 is 0 Å². The monoisotopic (exact) mass is 232 g/mol. The first-order chi connectivity index (χ1) is 8.22. The minimum Gasteiger partial charge on any atom is -0.497 e. The summed E-state index contributed by atoms with van der Waals surface area (Å²) in [6, 6.07) is 5.87. The van der Waals surface area contributed by atoms with E-state index in [-0.39, 0.29) is 0 Å².